The Morgan fingerprint density at radius 2 is 2.11 bits per heavy atom. The Balaban J connectivity index is 2.18. The van der Waals surface area contributed by atoms with Crippen LogP contribution in [-0.4, -0.2) is 25.8 Å². The van der Waals surface area contributed by atoms with Crippen LogP contribution in [0, 0.1) is 11.3 Å². The Kier molecular flexibility index (Phi) is 3.77. The van der Waals surface area contributed by atoms with Gasteiger partial charge in [-0.15, -0.1) is 0 Å². The average molecular weight is 286 g/mol. The second kappa shape index (κ2) is 4.92. The minimum Gasteiger partial charge on any atom is -0.447 e. The minimum absolute atomic E-state index is 0.00232. The van der Waals surface area contributed by atoms with Crippen molar-refractivity contribution in [3.63, 3.8) is 0 Å². The van der Waals surface area contributed by atoms with Crippen LogP contribution in [0.1, 0.15) is 33.0 Å². The number of hydrogen-bond acceptors (Lipinski definition) is 4. The third-order valence-electron chi connectivity index (χ3n) is 3.81. The lowest BCUT2D eigenvalue weighted by Crippen LogP contribution is -2.31. The molecule has 6 heteroatoms. The van der Waals surface area contributed by atoms with E-state index in [4.69, 9.17) is 10.2 Å². The summed E-state index contributed by atoms with van der Waals surface area (Å²) < 4.78 is 31.6. The summed E-state index contributed by atoms with van der Waals surface area (Å²) in [7, 11) is -3.51. The maximum Gasteiger partial charge on any atom is 0.276 e. The van der Waals surface area contributed by atoms with Gasteiger partial charge in [0.25, 0.3) is 10.0 Å². The quantitative estimate of drug-likeness (QED) is 0.919. The Labute approximate surface area is 114 Å². The van der Waals surface area contributed by atoms with Crippen molar-refractivity contribution >= 4 is 10.0 Å². The van der Waals surface area contributed by atoms with E-state index in [0.29, 0.717) is 24.8 Å². The highest BCUT2D eigenvalue weighted by Gasteiger charge is 2.38. The molecule has 1 unspecified atom stereocenters. The first-order valence-electron chi connectivity index (χ1n) is 6.54. The molecule has 0 spiro atoms. The largest absolute Gasteiger partial charge is 0.447 e. The third kappa shape index (κ3) is 2.85. The zero-order valence-corrected chi connectivity index (χ0v) is 12.5. The predicted octanol–water partition coefficient (Wildman–Crippen LogP) is 1.80. The first-order valence-corrected chi connectivity index (χ1v) is 7.98. The molecular formula is C13H22N2O3S. The monoisotopic (exact) mass is 286 g/mol. The Hall–Kier alpha value is -0.850. The van der Waals surface area contributed by atoms with Crippen LogP contribution in [0.2, 0.25) is 0 Å². The maximum absolute atomic E-state index is 12.4. The Morgan fingerprint density at radius 1 is 1.42 bits per heavy atom. The molecule has 1 saturated heterocycles. The van der Waals surface area contributed by atoms with Crippen LogP contribution in [0.5, 0.6) is 0 Å². The fourth-order valence-corrected chi connectivity index (χ4v) is 3.82. The van der Waals surface area contributed by atoms with Crippen LogP contribution in [0.25, 0.3) is 0 Å². The van der Waals surface area contributed by atoms with Crippen molar-refractivity contribution in [3.05, 3.63) is 17.9 Å². The van der Waals surface area contributed by atoms with Crippen LogP contribution < -0.4 is 5.73 Å². The van der Waals surface area contributed by atoms with Gasteiger partial charge in [-0.05, 0) is 29.9 Å². The maximum atomic E-state index is 12.4. The molecule has 0 amide bonds. The normalized spacial score (nSPS) is 22.0. The van der Waals surface area contributed by atoms with Crippen molar-refractivity contribution in [3.8, 4) is 0 Å². The van der Waals surface area contributed by atoms with Crippen molar-refractivity contribution in [2.45, 2.75) is 38.8 Å². The highest BCUT2D eigenvalue weighted by atomic mass is 32.2. The zero-order valence-electron chi connectivity index (χ0n) is 11.7. The molecule has 1 fully saturated rings. The number of nitrogens with two attached hydrogens (primary N) is 1. The van der Waals surface area contributed by atoms with E-state index in [-0.39, 0.29) is 17.1 Å². The van der Waals surface area contributed by atoms with E-state index in [1.54, 1.807) is 6.07 Å². The van der Waals surface area contributed by atoms with Gasteiger partial charge in [0.05, 0.1) is 6.54 Å². The van der Waals surface area contributed by atoms with Crippen LogP contribution >= 0.6 is 0 Å². The second-order valence-electron chi connectivity index (χ2n) is 6.14. The zero-order chi connectivity index (χ0) is 14.3. The van der Waals surface area contributed by atoms with Gasteiger partial charge in [-0.2, -0.15) is 4.31 Å². The highest BCUT2D eigenvalue weighted by Crippen LogP contribution is 2.35. The Morgan fingerprint density at radius 3 is 2.58 bits per heavy atom. The molecule has 1 aliphatic rings. The van der Waals surface area contributed by atoms with Crippen molar-refractivity contribution in [1.29, 1.82) is 0 Å². The van der Waals surface area contributed by atoms with E-state index >= 15 is 0 Å². The smallest absolute Gasteiger partial charge is 0.276 e. The topological polar surface area (TPSA) is 76.5 Å². The standard InChI is InChI=1S/C13H22N2O3S/c1-13(2,3)10-6-7-15(9-10)19(16,17)12-5-4-11(8-14)18-12/h4-5,10H,6-9,14H2,1-3H3. The summed E-state index contributed by atoms with van der Waals surface area (Å²) in [5, 5.41) is 0.00232. The molecule has 0 saturated carbocycles. The molecule has 19 heavy (non-hydrogen) atoms. The van der Waals surface area contributed by atoms with Crippen LogP contribution in [0.4, 0.5) is 0 Å². The number of rotatable bonds is 3. The molecule has 2 rings (SSSR count). The molecule has 5 nitrogen and oxygen atoms in total. The highest BCUT2D eigenvalue weighted by molar-refractivity contribution is 7.89. The lowest BCUT2D eigenvalue weighted by Gasteiger charge is -2.26. The number of nitrogens with zero attached hydrogens (tertiary/aromatic N) is 1. The number of hydrogen-bond donors (Lipinski definition) is 1. The van der Waals surface area contributed by atoms with Crippen LogP contribution in [0.3, 0.4) is 0 Å². The molecule has 1 aromatic rings. The van der Waals surface area contributed by atoms with Gasteiger partial charge in [-0.3, -0.25) is 0 Å². The van der Waals surface area contributed by atoms with E-state index < -0.39 is 10.0 Å². The summed E-state index contributed by atoms with van der Waals surface area (Å²) in [5.41, 5.74) is 5.56. The van der Waals surface area contributed by atoms with E-state index in [2.05, 4.69) is 20.8 Å². The molecule has 0 aliphatic carbocycles. The summed E-state index contributed by atoms with van der Waals surface area (Å²) in [6.45, 7) is 7.77. The van der Waals surface area contributed by atoms with Crippen LogP contribution in [0.15, 0.2) is 21.6 Å². The number of furan rings is 1. The van der Waals surface area contributed by atoms with Crippen molar-refractivity contribution < 1.29 is 12.8 Å². The molecule has 1 aromatic heterocycles. The van der Waals surface area contributed by atoms with Gasteiger partial charge in [0.1, 0.15) is 5.76 Å². The van der Waals surface area contributed by atoms with Crippen molar-refractivity contribution in [2.24, 2.45) is 17.1 Å². The lowest BCUT2D eigenvalue weighted by atomic mass is 9.80. The van der Waals surface area contributed by atoms with Gasteiger partial charge in [0, 0.05) is 13.1 Å². The van der Waals surface area contributed by atoms with Gasteiger partial charge >= 0.3 is 0 Å². The molecule has 1 atom stereocenters. The van der Waals surface area contributed by atoms with E-state index in [0.717, 1.165) is 6.42 Å². The Bertz CT molecular complexity index is 542. The SMILES string of the molecule is CC(C)(C)C1CCN(S(=O)(=O)c2ccc(CN)o2)C1. The first kappa shape index (κ1) is 14.6. The molecule has 0 aromatic carbocycles. The number of sulfonamides is 1. The van der Waals surface area contributed by atoms with Crippen LogP contribution in [-0.2, 0) is 16.6 Å². The molecule has 108 valence electrons. The summed E-state index contributed by atoms with van der Waals surface area (Å²) in [5.74, 6) is 0.872. The van der Waals surface area contributed by atoms with Crippen molar-refractivity contribution in [2.75, 3.05) is 13.1 Å². The molecule has 0 bridgehead atoms. The average Bonchev–Trinajstić information content (AvgIpc) is 2.98. The van der Waals surface area contributed by atoms with Gasteiger partial charge in [0.15, 0.2) is 0 Å². The molecule has 2 N–H and O–H groups in total. The fraction of sp³-hybridized carbons (Fsp3) is 0.692. The van der Waals surface area contributed by atoms with Crippen molar-refractivity contribution in [1.82, 2.24) is 4.31 Å². The molecule has 2 heterocycles. The molecule has 0 radical (unpaired) electrons. The second-order valence-corrected chi connectivity index (χ2v) is 8.01. The van der Waals surface area contributed by atoms with Gasteiger partial charge < -0.3 is 10.2 Å². The molecular weight excluding hydrogens is 264 g/mol. The lowest BCUT2D eigenvalue weighted by molar-refractivity contribution is 0.251. The van der Waals surface area contributed by atoms with Gasteiger partial charge in [-0.25, -0.2) is 8.42 Å². The van der Waals surface area contributed by atoms with E-state index in [1.807, 2.05) is 0 Å². The fourth-order valence-electron chi connectivity index (χ4n) is 2.39. The summed E-state index contributed by atoms with van der Waals surface area (Å²) in [4.78, 5) is 0. The van der Waals surface area contributed by atoms with E-state index in [1.165, 1.54) is 10.4 Å². The summed E-state index contributed by atoms with van der Waals surface area (Å²) in [6, 6.07) is 3.10. The first-order chi connectivity index (χ1) is 8.75. The summed E-state index contributed by atoms with van der Waals surface area (Å²) >= 11 is 0. The van der Waals surface area contributed by atoms with E-state index in [9.17, 15) is 8.42 Å². The predicted molar refractivity (Wildman–Crippen MR) is 72.9 cm³/mol. The molecule has 1 aliphatic heterocycles. The van der Waals surface area contributed by atoms with Gasteiger partial charge in [0.2, 0.25) is 5.09 Å². The summed E-state index contributed by atoms with van der Waals surface area (Å²) in [6.07, 6.45) is 0.896. The minimum atomic E-state index is -3.51. The van der Waals surface area contributed by atoms with Gasteiger partial charge in [-0.1, -0.05) is 20.8 Å². The third-order valence-corrected chi connectivity index (χ3v) is 5.55.